The van der Waals surface area contributed by atoms with Crippen LogP contribution in [0.15, 0.2) is 57.8 Å². The fourth-order valence-electron chi connectivity index (χ4n) is 2.61. The van der Waals surface area contributed by atoms with E-state index in [1.165, 1.54) is 11.0 Å². The molecule has 26 heavy (non-hydrogen) atoms. The highest BCUT2D eigenvalue weighted by atomic mass is 32.2. The summed E-state index contributed by atoms with van der Waals surface area (Å²) in [6, 6.07) is 15.5. The minimum absolute atomic E-state index is 0.0288. The van der Waals surface area contributed by atoms with E-state index in [1.54, 1.807) is 49.5 Å². The first-order valence-corrected chi connectivity index (χ1v) is 9.26. The number of carbonyl (C=O) groups excluding carboxylic acids is 1. The van der Waals surface area contributed by atoms with E-state index >= 15 is 0 Å². The summed E-state index contributed by atoms with van der Waals surface area (Å²) in [5.74, 6) is -0.00420. The summed E-state index contributed by atoms with van der Waals surface area (Å²) in [7, 11) is -2.09. The zero-order valence-electron chi connectivity index (χ0n) is 14.0. The van der Waals surface area contributed by atoms with Gasteiger partial charge in [0.2, 0.25) is 5.91 Å². The van der Waals surface area contributed by atoms with E-state index in [2.05, 4.69) is 9.71 Å². The van der Waals surface area contributed by atoms with Crippen molar-refractivity contribution in [3.63, 3.8) is 0 Å². The lowest BCUT2D eigenvalue weighted by atomic mass is 10.1. The molecule has 3 rings (SSSR count). The largest absolute Gasteiger partial charge is 0.350 e. The van der Waals surface area contributed by atoms with Crippen molar-refractivity contribution in [1.82, 2.24) is 10.2 Å². The number of nitriles is 1. The van der Waals surface area contributed by atoms with Gasteiger partial charge in [-0.25, -0.2) is 0 Å². The minimum atomic E-state index is -3.71. The van der Waals surface area contributed by atoms with E-state index in [0.717, 1.165) is 5.56 Å². The molecule has 1 N–H and O–H groups in total. The lowest BCUT2D eigenvalue weighted by molar-refractivity contribution is -0.121. The van der Waals surface area contributed by atoms with Gasteiger partial charge >= 0.3 is 0 Å². The quantitative estimate of drug-likeness (QED) is 0.875. The Morgan fingerprint density at radius 3 is 2.58 bits per heavy atom. The normalized spacial score (nSPS) is 14.1. The monoisotopic (exact) mass is 368 g/mol. The van der Waals surface area contributed by atoms with Gasteiger partial charge in [0.15, 0.2) is 5.84 Å². The van der Waals surface area contributed by atoms with E-state index in [0.29, 0.717) is 17.7 Å². The van der Waals surface area contributed by atoms with E-state index in [9.17, 15) is 13.2 Å². The number of rotatable bonds is 4. The zero-order chi connectivity index (χ0) is 18.7. The minimum Gasteiger partial charge on any atom is -0.350 e. The Balaban J connectivity index is 1.64. The summed E-state index contributed by atoms with van der Waals surface area (Å²) in [4.78, 5) is 13.8. The standard InChI is InChI=1S/C18H16N4O3S/c1-22(18-15-4-2-3-5-16(15)26(24,25)21-18)12-17(23)20-11-14-8-6-13(10-19)7-9-14/h2-9H,11-12H2,1H3,(H,20,23). The molecule has 1 heterocycles. The SMILES string of the molecule is CN(CC(=O)NCc1ccc(C#N)cc1)C1=NS(=O)(=O)c2ccccc21. The molecule has 0 bridgehead atoms. The van der Waals surface area contributed by atoms with Crippen LogP contribution in [-0.4, -0.2) is 38.7 Å². The van der Waals surface area contributed by atoms with Gasteiger partial charge in [-0.15, -0.1) is 4.40 Å². The topological polar surface area (TPSA) is 103 Å². The molecule has 0 aromatic heterocycles. The molecule has 0 saturated carbocycles. The number of sulfonamides is 1. The Labute approximate surface area is 151 Å². The van der Waals surface area contributed by atoms with E-state index < -0.39 is 10.0 Å². The summed E-state index contributed by atoms with van der Waals surface area (Å²) in [5.41, 5.74) is 1.92. The van der Waals surface area contributed by atoms with E-state index in [1.807, 2.05) is 6.07 Å². The average Bonchev–Trinajstić information content (AvgIpc) is 2.92. The smallest absolute Gasteiger partial charge is 0.285 e. The third kappa shape index (κ3) is 3.58. The molecule has 0 fully saturated rings. The van der Waals surface area contributed by atoms with Crippen molar-refractivity contribution in [3.8, 4) is 6.07 Å². The van der Waals surface area contributed by atoms with Crippen molar-refractivity contribution in [2.75, 3.05) is 13.6 Å². The van der Waals surface area contributed by atoms with Gasteiger partial charge in [0, 0.05) is 19.2 Å². The third-order valence-electron chi connectivity index (χ3n) is 3.93. The maximum Gasteiger partial charge on any atom is 0.285 e. The number of benzene rings is 2. The van der Waals surface area contributed by atoms with Crippen molar-refractivity contribution in [2.24, 2.45) is 4.40 Å². The van der Waals surface area contributed by atoms with Crippen molar-refractivity contribution < 1.29 is 13.2 Å². The zero-order valence-corrected chi connectivity index (χ0v) is 14.8. The van der Waals surface area contributed by atoms with Crippen molar-refractivity contribution in [2.45, 2.75) is 11.4 Å². The maximum absolute atomic E-state index is 12.2. The van der Waals surface area contributed by atoms with Crippen LogP contribution in [-0.2, 0) is 21.4 Å². The molecule has 0 spiro atoms. The van der Waals surface area contributed by atoms with Crippen LogP contribution in [0.3, 0.4) is 0 Å². The summed E-state index contributed by atoms with van der Waals surface area (Å²) in [6.45, 7) is 0.290. The number of nitrogens with zero attached hydrogens (tertiary/aromatic N) is 3. The molecular weight excluding hydrogens is 352 g/mol. The number of hydrogen-bond acceptors (Lipinski definition) is 5. The van der Waals surface area contributed by atoms with Gasteiger partial charge in [0.1, 0.15) is 4.90 Å². The molecular formula is C18H16N4O3S. The lowest BCUT2D eigenvalue weighted by Gasteiger charge is -2.18. The van der Waals surface area contributed by atoms with Crippen LogP contribution in [0.4, 0.5) is 0 Å². The second-order valence-corrected chi connectivity index (χ2v) is 7.40. The number of likely N-dealkylation sites (N-methyl/N-ethyl adjacent to an activating group) is 1. The van der Waals surface area contributed by atoms with Crippen LogP contribution in [0.1, 0.15) is 16.7 Å². The number of amides is 1. The average molecular weight is 368 g/mol. The fourth-order valence-corrected chi connectivity index (χ4v) is 3.86. The summed E-state index contributed by atoms with van der Waals surface area (Å²) < 4.78 is 27.9. The molecule has 1 amide bonds. The predicted octanol–water partition coefficient (Wildman–Crippen LogP) is 1.26. The molecule has 7 nitrogen and oxygen atoms in total. The van der Waals surface area contributed by atoms with Crippen molar-refractivity contribution in [1.29, 1.82) is 5.26 Å². The van der Waals surface area contributed by atoms with E-state index in [-0.39, 0.29) is 23.2 Å². The maximum atomic E-state index is 12.2. The Hall–Kier alpha value is -3.18. The second kappa shape index (κ2) is 6.98. The third-order valence-corrected chi connectivity index (χ3v) is 5.25. The summed E-state index contributed by atoms with van der Waals surface area (Å²) in [5, 5.41) is 11.5. The van der Waals surface area contributed by atoms with Gasteiger partial charge in [-0.2, -0.15) is 13.7 Å². The Bertz CT molecular complexity index is 1020. The van der Waals surface area contributed by atoms with Gasteiger partial charge in [-0.3, -0.25) is 4.79 Å². The summed E-state index contributed by atoms with van der Waals surface area (Å²) in [6.07, 6.45) is 0. The van der Waals surface area contributed by atoms with E-state index in [4.69, 9.17) is 5.26 Å². The van der Waals surface area contributed by atoms with Crippen LogP contribution in [0.2, 0.25) is 0 Å². The molecule has 2 aromatic rings. The Morgan fingerprint density at radius 2 is 1.88 bits per heavy atom. The Kier molecular flexibility index (Phi) is 4.73. The molecule has 132 valence electrons. The van der Waals surface area contributed by atoms with Gasteiger partial charge in [0.05, 0.1) is 18.2 Å². The number of carbonyl (C=O) groups is 1. The fraction of sp³-hybridized carbons (Fsp3) is 0.167. The first-order chi connectivity index (χ1) is 12.4. The predicted molar refractivity (Wildman–Crippen MR) is 95.8 cm³/mol. The van der Waals surface area contributed by atoms with Crippen LogP contribution in [0.25, 0.3) is 0 Å². The molecule has 2 aromatic carbocycles. The first-order valence-electron chi connectivity index (χ1n) is 7.82. The molecule has 8 heteroatoms. The first kappa shape index (κ1) is 17.6. The number of fused-ring (bicyclic) bond motifs is 1. The number of amidine groups is 1. The van der Waals surface area contributed by atoms with Gasteiger partial charge in [0.25, 0.3) is 10.0 Å². The molecule has 0 aliphatic carbocycles. The highest BCUT2D eigenvalue weighted by Crippen LogP contribution is 2.26. The second-order valence-electron chi connectivity index (χ2n) is 5.83. The highest BCUT2D eigenvalue weighted by molar-refractivity contribution is 7.90. The van der Waals surface area contributed by atoms with Crippen LogP contribution < -0.4 is 5.32 Å². The molecule has 1 aliphatic heterocycles. The highest BCUT2D eigenvalue weighted by Gasteiger charge is 2.30. The molecule has 0 unspecified atom stereocenters. The van der Waals surface area contributed by atoms with Gasteiger partial charge < -0.3 is 10.2 Å². The van der Waals surface area contributed by atoms with Crippen LogP contribution >= 0.6 is 0 Å². The molecule has 0 saturated heterocycles. The molecule has 0 radical (unpaired) electrons. The van der Waals surface area contributed by atoms with Crippen molar-refractivity contribution in [3.05, 3.63) is 65.2 Å². The number of nitrogens with one attached hydrogen (secondary N) is 1. The Morgan fingerprint density at radius 1 is 1.19 bits per heavy atom. The molecule has 1 aliphatic rings. The van der Waals surface area contributed by atoms with Gasteiger partial charge in [-0.1, -0.05) is 24.3 Å². The number of hydrogen-bond donors (Lipinski definition) is 1. The lowest BCUT2D eigenvalue weighted by Crippen LogP contribution is -2.38. The molecule has 0 atom stereocenters. The summed E-state index contributed by atoms with van der Waals surface area (Å²) >= 11 is 0. The van der Waals surface area contributed by atoms with Gasteiger partial charge in [-0.05, 0) is 29.8 Å². The van der Waals surface area contributed by atoms with Crippen LogP contribution in [0.5, 0.6) is 0 Å². The van der Waals surface area contributed by atoms with Crippen LogP contribution in [0, 0.1) is 11.3 Å². The van der Waals surface area contributed by atoms with Crippen molar-refractivity contribution >= 4 is 21.8 Å².